The van der Waals surface area contributed by atoms with Crippen LogP contribution in [0.2, 0.25) is 4.34 Å². The minimum absolute atomic E-state index is 0.124. The fourth-order valence-electron chi connectivity index (χ4n) is 4.27. The number of benzene rings is 1. The Labute approximate surface area is 218 Å². The lowest BCUT2D eigenvalue weighted by atomic mass is 10.0. The highest BCUT2D eigenvalue weighted by molar-refractivity contribution is 7.91. The number of piperidine rings is 1. The zero-order valence-corrected chi connectivity index (χ0v) is 22.8. The number of carbonyl (C=O) groups excluding carboxylic acids is 1. The topological polar surface area (TPSA) is 73.8 Å². The molecule has 1 aliphatic heterocycles. The zero-order chi connectivity index (χ0) is 25.2. The standard InChI is InChI=1S/C23H28ClFN4O3S3/c1-3-27(4-2)14-15-28(23-26-21-16(25)8-7-10-18(21)33-23)22(30)17-9-5-6-13-29(17)35(31,32)20-12-11-19(24)34-20/h7-8,10-12,17H,3-6,9,13-15H2,1-2H3. The number of thiophene rings is 1. The van der Waals surface area contributed by atoms with Crippen LogP contribution in [0.5, 0.6) is 0 Å². The number of hydrogen-bond donors (Lipinski definition) is 0. The Kier molecular flexibility index (Phi) is 8.45. The van der Waals surface area contributed by atoms with E-state index >= 15 is 0 Å². The minimum atomic E-state index is -3.89. The number of nitrogens with zero attached hydrogens (tertiary/aromatic N) is 4. The smallest absolute Gasteiger partial charge is 0.253 e. The largest absolute Gasteiger partial charge is 0.302 e. The van der Waals surface area contributed by atoms with Gasteiger partial charge >= 0.3 is 0 Å². The number of halogens is 2. The number of aromatic nitrogens is 1. The van der Waals surface area contributed by atoms with E-state index in [2.05, 4.69) is 9.88 Å². The van der Waals surface area contributed by atoms with Crippen molar-refractivity contribution in [3.8, 4) is 0 Å². The lowest BCUT2D eigenvalue weighted by molar-refractivity contribution is -0.123. The fraction of sp³-hybridized carbons (Fsp3) is 0.478. The summed E-state index contributed by atoms with van der Waals surface area (Å²) in [6.07, 6.45) is 1.83. The van der Waals surface area contributed by atoms with E-state index in [1.807, 2.05) is 13.8 Å². The average molecular weight is 559 g/mol. The fourth-order valence-corrected chi connectivity index (χ4v) is 8.55. The van der Waals surface area contributed by atoms with Crippen LogP contribution >= 0.6 is 34.3 Å². The number of thiazole rings is 1. The van der Waals surface area contributed by atoms with Crippen LogP contribution in [-0.2, 0) is 14.8 Å². The van der Waals surface area contributed by atoms with Crippen LogP contribution in [0.25, 0.3) is 10.2 Å². The molecule has 1 aliphatic rings. The third kappa shape index (κ3) is 5.55. The van der Waals surface area contributed by atoms with E-state index in [1.54, 1.807) is 23.1 Å². The number of para-hydroxylation sites is 1. The van der Waals surface area contributed by atoms with Gasteiger partial charge in [0, 0.05) is 19.6 Å². The molecule has 0 N–H and O–H groups in total. The molecule has 4 rings (SSSR count). The van der Waals surface area contributed by atoms with Gasteiger partial charge in [-0.15, -0.1) is 11.3 Å². The van der Waals surface area contributed by atoms with Crippen LogP contribution in [0.15, 0.2) is 34.5 Å². The molecule has 7 nitrogen and oxygen atoms in total. The van der Waals surface area contributed by atoms with Crippen molar-refractivity contribution in [3.05, 3.63) is 40.5 Å². The van der Waals surface area contributed by atoms with E-state index < -0.39 is 21.9 Å². The van der Waals surface area contributed by atoms with E-state index in [0.717, 1.165) is 30.8 Å². The summed E-state index contributed by atoms with van der Waals surface area (Å²) in [7, 11) is -3.89. The summed E-state index contributed by atoms with van der Waals surface area (Å²) in [5.41, 5.74) is 0.217. The summed E-state index contributed by atoms with van der Waals surface area (Å²) >= 11 is 8.23. The molecule has 0 radical (unpaired) electrons. The Morgan fingerprint density at radius 3 is 2.60 bits per heavy atom. The van der Waals surface area contributed by atoms with Crippen LogP contribution in [0, 0.1) is 5.82 Å². The highest BCUT2D eigenvalue weighted by atomic mass is 35.5. The number of sulfonamides is 1. The summed E-state index contributed by atoms with van der Waals surface area (Å²) in [5.74, 6) is -0.778. The van der Waals surface area contributed by atoms with Crippen LogP contribution in [0.1, 0.15) is 33.1 Å². The second-order valence-electron chi connectivity index (χ2n) is 8.29. The summed E-state index contributed by atoms with van der Waals surface area (Å²) in [4.78, 5) is 22.2. The molecular formula is C23H28ClFN4O3S3. The first-order chi connectivity index (χ1) is 16.8. The zero-order valence-electron chi connectivity index (χ0n) is 19.6. The van der Waals surface area contributed by atoms with Gasteiger partial charge in [-0.25, -0.2) is 17.8 Å². The van der Waals surface area contributed by atoms with Crippen molar-refractivity contribution in [3.63, 3.8) is 0 Å². The molecule has 0 saturated carbocycles. The Balaban J connectivity index is 1.70. The maximum atomic E-state index is 14.4. The summed E-state index contributed by atoms with van der Waals surface area (Å²) in [5, 5.41) is 0.379. The summed E-state index contributed by atoms with van der Waals surface area (Å²) < 4.78 is 43.7. The molecular weight excluding hydrogens is 531 g/mol. The van der Waals surface area contributed by atoms with Crippen LogP contribution in [0.3, 0.4) is 0 Å². The average Bonchev–Trinajstić information content (AvgIpc) is 3.49. The van der Waals surface area contributed by atoms with Crippen molar-refractivity contribution < 1.29 is 17.6 Å². The Morgan fingerprint density at radius 1 is 1.17 bits per heavy atom. The van der Waals surface area contributed by atoms with Gasteiger partial charge in [0.2, 0.25) is 5.91 Å². The van der Waals surface area contributed by atoms with E-state index in [0.29, 0.717) is 40.1 Å². The highest BCUT2D eigenvalue weighted by Gasteiger charge is 2.41. The normalized spacial score (nSPS) is 17.3. The predicted molar refractivity (Wildman–Crippen MR) is 141 cm³/mol. The molecule has 2 aromatic heterocycles. The second-order valence-corrected chi connectivity index (χ2v) is 13.1. The van der Waals surface area contributed by atoms with Crippen molar-refractivity contribution >= 4 is 65.6 Å². The molecule has 0 spiro atoms. The first-order valence-electron chi connectivity index (χ1n) is 11.6. The lowest BCUT2D eigenvalue weighted by Crippen LogP contribution is -2.54. The molecule has 0 aliphatic carbocycles. The number of likely N-dealkylation sites (N-methyl/N-ethyl adjacent to an activating group) is 1. The van der Waals surface area contributed by atoms with Gasteiger partial charge in [-0.1, -0.05) is 49.3 Å². The van der Waals surface area contributed by atoms with Crippen molar-refractivity contribution in [2.45, 2.75) is 43.4 Å². The van der Waals surface area contributed by atoms with Gasteiger partial charge in [-0.3, -0.25) is 9.69 Å². The predicted octanol–water partition coefficient (Wildman–Crippen LogP) is 5.07. The van der Waals surface area contributed by atoms with Gasteiger partial charge in [0.05, 0.1) is 9.04 Å². The minimum Gasteiger partial charge on any atom is -0.302 e. The third-order valence-corrected chi connectivity index (χ3v) is 10.9. The number of hydrogen-bond acceptors (Lipinski definition) is 7. The van der Waals surface area contributed by atoms with Gasteiger partial charge in [0.1, 0.15) is 21.6 Å². The Hall–Kier alpha value is -1.63. The van der Waals surface area contributed by atoms with Crippen LogP contribution < -0.4 is 4.90 Å². The number of anilines is 1. The van der Waals surface area contributed by atoms with Crippen LogP contribution in [-0.4, -0.2) is 67.3 Å². The van der Waals surface area contributed by atoms with E-state index in [-0.39, 0.29) is 22.2 Å². The molecule has 190 valence electrons. The van der Waals surface area contributed by atoms with Gasteiger partial charge in [0.15, 0.2) is 5.13 Å². The molecule has 1 fully saturated rings. The molecule has 12 heteroatoms. The number of carbonyl (C=O) groups is 1. The monoisotopic (exact) mass is 558 g/mol. The molecule has 1 aromatic carbocycles. The van der Waals surface area contributed by atoms with Gasteiger partial charge in [-0.05, 0) is 50.2 Å². The van der Waals surface area contributed by atoms with Gasteiger partial charge in [-0.2, -0.15) is 4.31 Å². The maximum Gasteiger partial charge on any atom is 0.253 e. The van der Waals surface area contributed by atoms with Crippen LogP contribution in [0.4, 0.5) is 9.52 Å². The van der Waals surface area contributed by atoms with Gasteiger partial charge in [0.25, 0.3) is 10.0 Å². The number of rotatable bonds is 9. The lowest BCUT2D eigenvalue weighted by Gasteiger charge is -2.36. The second kappa shape index (κ2) is 11.2. The molecule has 1 saturated heterocycles. The maximum absolute atomic E-state index is 14.4. The van der Waals surface area contributed by atoms with Crippen molar-refractivity contribution in [2.24, 2.45) is 0 Å². The van der Waals surface area contributed by atoms with E-state index in [4.69, 9.17) is 11.6 Å². The molecule has 1 unspecified atom stereocenters. The first-order valence-corrected chi connectivity index (χ1v) is 15.1. The summed E-state index contributed by atoms with van der Waals surface area (Å²) in [6, 6.07) is 6.89. The van der Waals surface area contributed by atoms with E-state index in [1.165, 1.54) is 27.8 Å². The summed E-state index contributed by atoms with van der Waals surface area (Å²) in [6.45, 7) is 6.90. The molecule has 0 bridgehead atoms. The van der Waals surface area contributed by atoms with Crippen molar-refractivity contribution in [1.82, 2.24) is 14.2 Å². The molecule has 1 amide bonds. The quantitative estimate of drug-likeness (QED) is 0.367. The van der Waals surface area contributed by atoms with Crippen molar-refractivity contribution in [1.29, 1.82) is 0 Å². The third-order valence-electron chi connectivity index (χ3n) is 6.24. The van der Waals surface area contributed by atoms with Gasteiger partial charge < -0.3 is 4.90 Å². The van der Waals surface area contributed by atoms with Crippen molar-refractivity contribution in [2.75, 3.05) is 37.6 Å². The number of amides is 1. The Bertz CT molecular complexity index is 1290. The molecule has 1 atom stereocenters. The number of fused-ring (bicyclic) bond motifs is 1. The highest BCUT2D eigenvalue weighted by Crippen LogP contribution is 2.35. The van der Waals surface area contributed by atoms with E-state index in [9.17, 15) is 17.6 Å². The Morgan fingerprint density at radius 2 is 1.94 bits per heavy atom. The molecule has 3 heterocycles. The first kappa shape index (κ1) is 26.4. The molecule has 3 aromatic rings. The SMILES string of the molecule is CCN(CC)CCN(C(=O)C1CCCCN1S(=O)(=O)c1ccc(Cl)s1)c1nc2c(F)cccc2s1. The molecule has 35 heavy (non-hydrogen) atoms.